The molecule has 0 aliphatic heterocycles. The van der Waals surface area contributed by atoms with Gasteiger partial charge in [0.15, 0.2) is 18.2 Å². The lowest BCUT2D eigenvalue weighted by Crippen LogP contribution is -2.32. The van der Waals surface area contributed by atoms with Crippen LogP contribution < -0.4 is 24.8 Å². The van der Waals surface area contributed by atoms with Crippen LogP contribution >= 0.6 is 0 Å². The van der Waals surface area contributed by atoms with E-state index in [0.29, 0.717) is 22.9 Å². The van der Waals surface area contributed by atoms with Gasteiger partial charge in [0.2, 0.25) is 0 Å². The first-order valence-corrected chi connectivity index (χ1v) is 7.50. The van der Waals surface area contributed by atoms with Gasteiger partial charge in [-0.1, -0.05) is 6.07 Å². The minimum absolute atomic E-state index is 0.0711. The van der Waals surface area contributed by atoms with Crippen molar-refractivity contribution in [1.82, 2.24) is 5.32 Å². The highest BCUT2D eigenvalue weighted by Gasteiger charge is 2.07. The van der Waals surface area contributed by atoms with Crippen molar-refractivity contribution in [2.75, 3.05) is 26.3 Å². The van der Waals surface area contributed by atoms with E-state index in [0.717, 1.165) is 5.56 Å². The molecule has 0 atom stereocenters. The first-order valence-electron chi connectivity index (χ1n) is 7.50. The van der Waals surface area contributed by atoms with Gasteiger partial charge in [-0.25, -0.2) is 4.79 Å². The Morgan fingerprint density at radius 2 is 1.71 bits per heavy atom. The summed E-state index contributed by atoms with van der Waals surface area (Å²) >= 11 is 0. The van der Waals surface area contributed by atoms with Gasteiger partial charge in [0, 0.05) is 11.8 Å². The zero-order valence-corrected chi connectivity index (χ0v) is 14.3. The summed E-state index contributed by atoms with van der Waals surface area (Å²) in [6.45, 7) is 4.12. The molecule has 6 nitrogen and oxygen atoms in total. The predicted octanol–water partition coefficient (Wildman–Crippen LogP) is 3.48. The molecule has 0 unspecified atom stereocenters. The van der Waals surface area contributed by atoms with E-state index in [1.165, 1.54) is 5.56 Å². The van der Waals surface area contributed by atoms with Crippen molar-refractivity contribution in [3.63, 3.8) is 0 Å². The molecule has 0 fully saturated rings. The molecule has 0 bridgehead atoms. The third-order valence-electron chi connectivity index (χ3n) is 3.59. The number of anilines is 1. The van der Waals surface area contributed by atoms with Crippen LogP contribution in [0.2, 0.25) is 0 Å². The topological polar surface area (TPSA) is 68.8 Å². The summed E-state index contributed by atoms with van der Waals surface area (Å²) in [5.74, 6) is 1.85. The Hall–Kier alpha value is -2.89. The second-order valence-corrected chi connectivity index (χ2v) is 5.24. The Bertz CT molecular complexity index is 716. The van der Waals surface area contributed by atoms with E-state index in [-0.39, 0.29) is 12.8 Å². The SMILES string of the molecule is COc1ccc(NC(=O)NCOc2ccc(C)c(C)c2)cc1OC. The summed E-state index contributed by atoms with van der Waals surface area (Å²) < 4.78 is 15.9. The number of nitrogens with one attached hydrogen (secondary N) is 2. The van der Waals surface area contributed by atoms with Gasteiger partial charge in [0.25, 0.3) is 0 Å². The van der Waals surface area contributed by atoms with Gasteiger partial charge >= 0.3 is 6.03 Å². The molecule has 24 heavy (non-hydrogen) atoms. The Morgan fingerprint density at radius 3 is 2.38 bits per heavy atom. The summed E-state index contributed by atoms with van der Waals surface area (Å²) in [6.07, 6.45) is 0. The first-order chi connectivity index (χ1) is 11.5. The van der Waals surface area contributed by atoms with Crippen LogP contribution in [0.5, 0.6) is 17.2 Å². The van der Waals surface area contributed by atoms with Crippen molar-refractivity contribution in [2.45, 2.75) is 13.8 Å². The average Bonchev–Trinajstić information content (AvgIpc) is 2.58. The monoisotopic (exact) mass is 330 g/mol. The molecule has 6 heteroatoms. The largest absolute Gasteiger partial charge is 0.493 e. The molecule has 0 radical (unpaired) electrons. The Labute approximate surface area is 141 Å². The normalized spacial score (nSPS) is 10.0. The van der Waals surface area contributed by atoms with Gasteiger partial charge < -0.3 is 24.8 Å². The number of hydrogen-bond acceptors (Lipinski definition) is 4. The van der Waals surface area contributed by atoms with Gasteiger partial charge in [0.1, 0.15) is 5.75 Å². The van der Waals surface area contributed by atoms with E-state index in [9.17, 15) is 4.79 Å². The smallest absolute Gasteiger partial charge is 0.321 e. The van der Waals surface area contributed by atoms with E-state index < -0.39 is 0 Å². The summed E-state index contributed by atoms with van der Waals surface area (Å²) in [5.41, 5.74) is 2.93. The van der Waals surface area contributed by atoms with Crippen molar-refractivity contribution >= 4 is 11.7 Å². The minimum atomic E-state index is -0.369. The minimum Gasteiger partial charge on any atom is -0.493 e. The van der Waals surface area contributed by atoms with Crippen LogP contribution in [-0.4, -0.2) is 27.0 Å². The maximum Gasteiger partial charge on any atom is 0.321 e. The van der Waals surface area contributed by atoms with Crippen LogP contribution in [0.4, 0.5) is 10.5 Å². The van der Waals surface area contributed by atoms with Crippen LogP contribution in [0.25, 0.3) is 0 Å². The number of aryl methyl sites for hydroxylation is 2. The molecule has 0 aliphatic carbocycles. The lowest BCUT2D eigenvalue weighted by atomic mass is 10.1. The fourth-order valence-corrected chi connectivity index (χ4v) is 2.08. The zero-order valence-electron chi connectivity index (χ0n) is 14.3. The quantitative estimate of drug-likeness (QED) is 0.796. The van der Waals surface area contributed by atoms with Crippen molar-refractivity contribution in [3.05, 3.63) is 47.5 Å². The Morgan fingerprint density at radius 1 is 0.958 bits per heavy atom. The van der Waals surface area contributed by atoms with E-state index in [1.54, 1.807) is 32.4 Å². The van der Waals surface area contributed by atoms with Crippen LogP contribution in [0.15, 0.2) is 36.4 Å². The molecule has 2 N–H and O–H groups in total. The van der Waals surface area contributed by atoms with E-state index in [2.05, 4.69) is 10.6 Å². The lowest BCUT2D eigenvalue weighted by molar-refractivity contribution is 0.234. The fraction of sp³-hybridized carbons (Fsp3) is 0.278. The first kappa shape index (κ1) is 17.5. The van der Waals surface area contributed by atoms with Crippen molar-refractivity contribution < 1.29 is 19.0 Å². The van der Waals surface area contributed by atoms with E-state index >= 15 is 0 Å². The molecule has 2 aromatic carbocycles. The summed E-state index contributed by atoms with van der Waals surface area (Å²) in [7, 11) is 3.10. The third kappa shape index (κ3) is 4.55. The van der Waals surface area contributed by atoms with Crippen molar-refractivity contribution in [1.29, 1.82) is 0 Å². The molecular formula is C18H22N2O4. The molecule has 0 heterocycles. The van der Waals surface area contributed by atoms with Crippen LogP contribution in [0.1, 0.15) is 11.1 Å². The highest BCUT2D eigenvalue weighted by Crippen LogP contribution is 2.29. The number of carbonyl (C=O) groups is 1. The molecule has 0 saturated heterocycles. The van der Waals surface area contributed by atoms with E-state index in [1.807, 2.05) is 32.0 Å². The van der Waals surface area contributed by atoms with Crippen molar-refractivity contribution in [2.24, 2.45) is 0 Å². The number of methoxy groups -OCH3 is 2. The third-order valence-corrected chi connectivity index (χ3v) is 3.59. The van der Waals surface area contributed by atoms with Crippen LogP contribution in [-0.2, 0) is 0 Å². The number of urea groups is 1. The highest BCUT2D eigenvalue weighted by molar-refractivity contribution is 5.89. The maximum atomic E-state index is 11.9. The van der Waals surface area contributed by atoms with Gasteiger partial charge in [0.05, 0.1) is 14.2 Å². The molecule has 0 spiro atoms. The molecule has 2 amide bonds. The second-order valence-electron chi connectivity index (χ2n) is 5.24. The molecule has 2 rings (SSSR count). The Balaban J connectivity index is 1.86. The highest BCUT2D eigenvalue weighted by atomic mass is 16.5. The standard InChI is InChI=1S/C18H22N2O4/c1-12-5-7-15(9-13(12)2)24-11-19-18(21)20-14-6-8-16(22-3)17(10-14)23-4/h5-10H,11H2,1-4H3,(H2,19,20,21). The van der Waals surface area contributed by atoms with Gasteiger partial charge in [-0.05, 0) is 49.2 Å². The number of rotatable bonds is 6. The van der Waals surface area contributed by atoms with Crippen molar-refractivity contribution in [3.8, 4) is 17.2 Å². The molecule has 0 aromatic heterocycles. The number of carbonyl (C=O) groups excluding carboxylic acids is 1. The van der Waals surface area contributed by atoms with Crippen LogP contribution in [0, 0.1) is 13.8 Å². The molecule has 0 saturated carbocycles. The van der Waals surface area contributed by atoms with Gasteiger partial charge in [-0.2, -0.15) is 0 Å². The summed E-state index contributed by atoms with van der Waals surface area (Å²) in [6, 6.07) is 10.5. The molecule has 2 aromatic rings. The number of ether oxygens (including phenoxy) is 3. The summed E-state index contributed by atoms with van der Waals surface area (Å²) in [5, 5.41) is 5.34. The van der Waals surface area contributed by atoms with Gasteiger partial charge in [-0.3, -0.25) is 0 Å². The second kappa shape index (κ2) is 8.10. The fourth-order valence-electron chi connectivity index (χ4n) is 2.08. The lowest BCUT2D eigenvalue weighted by Gasteiger charge is -2.12. The number of amides is 2. The molecular weight excluding hydrogens is 308 g/mol. The zero-order chi connectivity index (χ0) is 17.5. The average molecular weight is 330 g/mol. The predicted molar refractivity (Wildman–Crippen MR) is 93.1 cm³/mol. The maximum absolute atomic E-state index is 11.9. The van der Waals surface area contributed by atoms with Gasteiger partial charge in [-0.15, -0.1) is 0 Å². The molecule has 0 aliphatic rings. The molecule has 128 valence electrons. The number of benzene rings is 2. The van der Waals surface area contributed by atoms with E-state index in [4.69, 9.17) is 14.2 Å². The summed E-state index contributed by atoms with van der Waals surface area (Å²) in [4.78, 5) is 11.9. The number of hydrogen-bond donors (Lipinski definition) is 2. The van der Waals surface area contributed by atoms with Crippen LogP contribution in [0.3, 0.4) is 0 Å². The Kier molecular flexibility index (Phi) is 5.89.